The average Bonchev–Trinajstić information content (AvgIpc) is 2.29. The summed E-state index contributed by atoms with van der Waals surface area (Å²) in [6.45, 7) is 6.79. The monoisotopic (exact) mass is 249 g/mol. The highest BCUT2D eigenvalue weighted by molar-refractivity contribution is 4.80. The molecule has 5 N–H and O–H groups in total. The molecule has 0 amide bonds. The van der Waals surface area contributed by atoms with Gasteiger partial charge in [-0.2, -0.15) is 0 Å². The lowest BCUT2D eigenvalue weighted by Crippen LogP contribution is -2.31. The van der Waals surface area contributed by atoms with Crippen LogP contribution in [0.15, 0.2) is 0 Å². The molecule has 0 aromatic heterocycles. The van der Waals surface area contributed by atoms with Crippen LogP contribution in [-0.4, -0.2) is 18.2 Å². The zero-order chi connectivity index (χ0) is 11.6. The topological polar surface area (TPSA) is 75.7 Å². The fraction of sp³-hybridized carbons (Fsp3) is 1.00. The summed E-state index contributed by atoms with van der Waals surface area (Å²) in [6, 6.07) is 0. The third-order valence-electron chi connectivity index (χ3n) is 3.39. The van der Waals surface area contributed by atoms with E-state index >= 15 is 0 Å². The Bertz CT molecular complexity index is 118. The van der Waals surface area contributed by atoms with E-state index in [0.29, 0.717) is 0 Å². The molecule has 0 aromatic rings. The third kappa shape index (κ3) is 9.57. The molecule has 0 aliphatic rings. The van der Waals surface area contributed by atoms with Crippen LogP contribution >= 0.6 is 0 Å². The molecule has 0 radical (unpaired) electrons. The normalized spacial score (nSPS) is 10.6. The Morgan fingerprint density at radius 1 is 0.765 bits per heavy atom. The van der Waals surface area contributed by atoms with E-state index in [1.807, 2.05) is 7.11 Å². The highest BCUT2D eigenvalue weighted by Gasteiger charge is 2.27. The molecule has 17 heavy (non-hydrogen) atoms. The molecule has 0 aromatic carbocycles. The second-order valence-corrected chi connectivity index (χ2v) is 4.70. The quantitative estimate of drug-likeness (QED) is 0.582. The third-order valence-corrected chi connectivity index (χ3v) is 3.39. The van der Waals surface area contributed by atoms with E-state index in [1.54, 1.807) is 0 Å². The van der Waals surface area contributed by atoms with Crippen LogP contribution in [0.4, 0.5) is 0 Å². The van der Waals surface area contributed by atoms with Gasteiger partial charge in [0.2, 0.25) is 0 Å². The average molecular weight is 249 g/mol. The molecule has 0 aliphatic carbocycles. The zero-order valence-corrected chi connectivity index (χ0v) is 12.7. The van der Waals surface area contributed by atoms with Gasteiger partial charge in [-0.05, 0) is 19.3 Å². The van der Waals surface area contributed by atoms with Crippen molar-refractivity contribution in [2.24, 2.45) is 0 Å². The first-order valence-electron chi connectivity index (χ1n) is 6.79. The van der Waals surface area contributed by atoms with E-state index in [2.05, 4.69) is 20.8 Å². The fourth-order valence-corrected chi connectivity index (χ4v) is 2.18. The van der Waals surface area contributed by atoms with Crippen molar-refractivity contribution in [1.29, 1.82) is 0 Å². The van der Waals surface area contributed by atoms with Crippen molar-refractivity contribution in [2.75, 3.05) is 7.11 Å². The summed E-state index contributed by atoms with van der Waals surface area (Å²) in [5.74, 6) is 0. The van der Waals surface area contributed by atoms with E-state index in [-0.39, 0.29) is 17.2 Å². The van der Waals surface area contributed by atoms with Crippen LogP contribution in [-0.2, 0) is 4.74 Å². The second kappa shape index (κ2) is 13.9. The summed E-state index contributed by atoms with van der Waals surface area (Å²) in [6.07, 6.45) is 11.5. The predicted molar refractivity (Wildman–Crippen MR) is 76.2 cm³/mol. The molecule has 0 bridgehead atoms. The van der Waals surface area contributed by atoms with Gasteiger partial charge in [-0.3, -0.25) is 0 Å². The minimum atomic E-state index is 0. The maximum atomic E-state index is 5.84. The number of unbranched alkanes of at least 4 members (excludes halogenated alkanes) is 3. The molecular weight excluding hydrogens is 214 g/mol. The van der Waals surface area contributed by atoms with Gasteiger partial charge in [0.05, 0.1) is 5.60 Å². The Labute approximate surface area is 108 Å². The van der Waals surface area contributed by atoms with Gasteiger partial charge >= 0.3 is 0 Å². The van der Waals surface area contributed by atoms with Crippen molar-refractivity contribution in [1.82, 2.24) is 6.15 Å². The lowest BCUT2D eigenvalue weighted by atomic mass is 9.86. The first-order valence-corrected chi connectivity index (χ1v) is 6.79. The molecule has 108 valence electrons. The smallest absolute Gasteiger partial charge is 0.0678 e. The Hall–Kier alpha value is -0.120. The summed E-state index contributed by atoms with van der Waals surface area (Å²) in [5, 5.41) is 0. The molecule has 0 saturated carbocycles. The van der Waals surface area contributed by atoms with Gasteiger partial charge in [0.15, 0.2) is 0 Å². The van der Waals surface area contributed by atoms with Gasteiger partial charge in [-0.25, -0.2) is 0 Å². The molecule has 0 fully saturated rings. The van der Waals surface area contributed by atoms with Crippen molar-refractivity contribution in [3.8, 4) is 0 Å². The molecule has 0 saturated heterocycles. The van der Waals surface area contributed by atoms with Crippen molar-refractivity contribution < 1.29 is 10.2 Å². The first-order chi connectivity index (χ1) is 7.24. The number of hydrogen-bond acceptors (Lipinski definition) is 2. The molecule has 0 heterocycles. The van der Waals surface area contributed by atoms with Gasteiger partial charge in [0.1, 0.15) is 0 Å². The van der Waals surface area contributed by atoms with Crippen LogP contribution in [0.1, 0.15) is 78.6 Å². The molecule has 3 nitrogen and oxygen atoms in total. The van der Waals surface area contributed by atoms with Gasteiger partial charge < -0.3 is 16.4 Å². The maximum absolute atomic E-state index is 5.84. The molecule has 0 atom stereocenters. The van der Waals surface area contributed by atoms with E-state index < -0.39 is 0 Å². The zero-order valence-electron chi connectivity index (χ0n) is 12.7. The van der Waals surface area contributed by atoms with E-state index in [9.17, 15) is 0 Å². The molecule has 3 heteroatoms. The van der Waals surface area contributed by atoms with E-state index in [1.165, 1.54) is 57.8 Å². The van der Waals surface area contributed by atoms with Gasteiger partial charge in [-0.15, -0.1) is 0 Å². The number of methoxy groups -OCH3 is 1. The minimum absolute atomic E-state index is 0. The van der Waals surface area contributed by atoms with Crippen molar-refractivity contribution in [3.05, 3.63) is 0 Å². The SMILES string of the molecule is CCCCC(CCCC)(CCCC)OC.[NH4+].[OH-]. The molecule has 0 aliphatic heterocycles. The van der Waals surface area contributed by atoms with Crippen molar-refractivity contribution in [3.63, 3.8) is 0 Å². The lowest BCUT2D eigenvalue weighted by molar-refractivity contribution is -0.0357. The Morgan fingerprint density at radius 2 is 1.06 bits per heavy atom. The molecular formula is C14H35NO2. The Balaban J connectivity index is -0.000000980. The summed E-state index contributed by atoms with van der Waals surface area (Å²) in [4.78, 5) is 0. The molecule has 0 rings (SSSR count). The fourth-order valence-electron chi connectivity index (χ4n) is 2.18. The minimum Gasteiger partial charge on any atom is -0.870 e. The standard InChI is InChI=1S/C14H30O.H3N.H2O/c1-5-8-11-14(15-4,12-9-6-2)13-10-7-3;;/h5-13H2,1-4H3;1H3;1H2. The summed E-state index contributed by atoms with van der Waals surface area (Å²) in [7, 11) is 1.90. The molecule has 0 unspecified atom stereocenters. The summed E-state index contributed by atoms with van der Waals surface area (Å²) in [5.41, 5.74) is 0.196. The predicted octanol–water partition coefficient (Wildman–Crippen LogP) is 5.14. The van der Waals surface area contributed by atoms with Gasteiger partial charge in [-0.1, -0.05) is 59.3 Å². The van der Waals surface area contributed by atoms with Crippen LogP contribution in [0.5, 0.6) is 0 Å². The summed E-state index contributed by atoms with van der Waals surface area (Å²) < 4.78 is 5.84. The van der Waals surface area contributed by atoms with Crippen LogP contribution in [0.3, 0.4) is 0 Å². The van der Waals surface area contributed by atoms with E-state index in [0.717, 1.165) is 0 Å². The highest BCUT2D eigenvalue weighted by Crippen LogP contribution is 2.30. The number of hydrogen-bond donors (Lipinski definition) is 1. The maximum Gasteiger partial charge on any atom is 0.0678 e. The van der Waals surface area contributed by atoms with Crippen LogP contribution in [0.2, 0.25) is 0 Å². The highest BCUT2D eigenvalue weighted by atomic mass is 16.5. The van der Waals surface area contributed by atoms with E-state index in [4.69, 9.17) is 4.74 Å². The number of rotatable bonds is 10. The largest absolute Gasteiger partial charge is 0.870 e. The number of ether oxygens (including phenoxy) is 1. The van der Waals surface area contributed by atoms with Crippen LogP contribution < -0.4 is 6.15 Å². The number of quaternary nitrogens is 1. The summed E-state index contributed by atoms with van der Waals surface area (Å²) >= 11 is 0. The van der Waals surface area contributed by atoms with Crippen molar-refractivity contribution >= 4 is 0 Å². The van der Waals surface area contributed by atoms with Crippen LogP contribution in [0.25, 0.3) is 0 Å². The van der Waals surface area contributed by atoms with Gasteiger partial charge in [0, 0.05) is 7.11 Å². The lowest BCUT2D eigenvalue weighted by Gasteiger charge is -2.33. The Kier molecular flexibility index (Phi) is 18.1. The Morgan fingerprint density at radius 3 is 1.24 bits per heavy atom. The first kappa shape index (κ1) is 22.1. The van der Waals surface area contributed by atoms with Crippen molar-refractivity contribution in [2.45, 2.75) is 84.2 Å². The molecule has 0 spiro atoms. The second-order valence-electron chi connectivity index (χ2n) is 4.70. The van der Waals surface area contributed by atoms with Crippen LogP contribution in [0, 0.1) is 0 Å². The van der Waals surface area contributed by atoms with Gasteiger partial charge in [0.25, 0.3) is 0 Å².